The minimum absolute atomic E-state index is 0. The highest BCUT2D eigenvalue weighted by atomic mass is 35.5. The molecule has 0 aliphatic heterocycles. The topological polar surface area (TPSA) is 26.0 Å². The van der Waals surface area contributed by atoms with Crippen molar-refractivity contribution in [1.82, 2.24) is 0 Å². The van der Waals surface area contributed by atoms with Gasteiger partial charge in [0.1, 0.15) is 0 Å². The van der Waals surface area contributed by atoms with Crippen LogP contribution in [0.2, 0.25) is 0 Å². The van der Waals surface area contributed by atoms with Crippen molar-refractivity contribution >= 4 is 23.7 Å². The molecular formula is C8H12ClNS. The zero-order chi connectivity index (χ0) is 7.56. The smallest absolute Gasteiger partial charge is 0.0573 e. The van der Waals surface area contributed by atoms with Crippen LogP contribution in [-0.4, -0.2) is 0 Å². The molecule has 1 rings (SSSR count). The summed E-state index contributed by atoms with van der Waals surface area (Å²) in [5.41, 5.74) is 5.70. The highest BCUT2D eigenvalue weighted by Gasteiger charge is 2.01. The van der Waals surface area contributed by atoms with E-state index in [-0.39, 0.29) is 18.4 Å². The third-order valence-corrected chi connectivity index (χ3v) is 2.45. The molecule has 0 aromatic carbocycles. The lowest BCUT2D eigenvalue weighted by molar-refractivity contribution is 0.940. The molecule has 0 unspecified atom stereocenters. The SMILES string of the molecule is C=C[C@@H](N)c1ccc(C)s1.Cl. The number of hydrogen-bond acceptors (Lipinski definition) is 2. The van der Waals surface area contributed by atoms with Gasteiger partial charge in [0.25, 0.3) is 0 Å². The van der Waals surface area contributed by atoms with Crippen molar-refractivity contribution in [3.63, 3.8) is 0 Å². The average molecular weight is 190 g/mol. The van der Waals surface area contributed by atoms with Crippen LogP contribution >= 0.6 is 23.7 Å². The van der Waals surface area contributed by atoms with Crippen LogP contribution in [0.1, 0.15) is 15.8 Å². The largest absolute Gasteiger partial charge is 0.320 e. The molecule has 0 saturated heterocycles. The Balaban J connectivity index is 0.000001000. The van der Waals surface area contributed by atoms with E-state index in [1.807, 2.05) is 6.07 Å². The molecule has 2 N–H and O–H groups in total. The van der Waals surface area contributed by atoms with Gasteiger partial charge in [-0.05, 0) is 19.1 Å². The molecule has 0 aliphatic carbocycles. The summed E-state index contributed by atoms with van der Waals surface area (Å²) in [6.07, 6.45) is 1.76. The molecule has 11 heavy (non-hydrogen) atoms. The maximum absolute atomic E-state index is 5.70. The molecule has 0 spiro atoms. The molecule has 0 fully saturated rings. The third-order valence-electron chi connectivity index (χ3n) is 1.34. The van der Waals surface area contributed by atoms with Gasteiger partial charge in [0.15, 0.2) is 0 Å². The number of thiophene rings is 1. The second-order valence-corrected chi connectivity index (χ2v) is 3.53. The van der Waals surface area contributed by atoms with Crippen LogP contribution in [0.5, 0.6) is 0 Å². The van der Waals surface area contributed by atoms with Crippen molar-refractivity contribution in [3.05, 3.63) is 34.5 Å². The molecule has 1 aromatic rings. The normalized spacial score (nSPS) is 11.8. The second kappa shape index (κ2) is 4.54. The quantitative estimate of drug-likeness (QED) is 0.712. The van der Waals surface area contributed by atoms with Crippen molar-refractivity contribution in [1.29, 1.82) is 0 Å². The fraction of sp³-hybridized carbons (Fsp3) is 0.250. The van der Waals surface area contributed by atoms with Crippen LogP contribution < -0.4 is 5.73 Å². The van der Waals surface area contributed by atoms with Crippen LogP contribution in [0, 0.1) is 6.92 Å². The Labute approximate surface area is 77.3 Å². The van der Waals surface area contributed by atoms with Gasteiger partial charge in [-0.2, -0.15) is 0 Å². The highest BCUT2D eigenvalue weighted by Crippen LogP contribution is 2.20. The molecule has 1 nitrogen and oxygen atoms in total. The van der Waals surface area contributed by atoms with Gasteiger partial charge in [0.2, 0.25) is 0 Å². The molecule has 0 bridgehead atoms. The minimum atomic E-state index is 0. The van der Waals surface area contributed by atoms with E-state index >= 15 is 0 Å². The Morgan fingerprint density at radius 1 is 1.64 bits per heavy atom. The van der Waals surface area contributed by atoms with Gasteiger partial charge in [0, 0.05) is 9.75 Å². The lowest BCUT2D eigenvalue weighted by Crippen LogP contribution is -2.03. The van der Waals surface area contributed by atoms with Crippen molar-refractivity contribution in [2.75, 3.05) is 0 Å². The standard InChI is InChI=1S/C8H11NS.ClH/c1-3-7(9)8-5-4-6(2)10-8;/h3-5,7H,1,9H2,2H3;1H/t7-;/m1./s1. The fourth-order valence-corrected chi connectivity index (χ4v) is 1.62. The van der Waals surface area contributed by atoms with Crippen LogP contribution in [0.15, 0.2) is 24.8 Å². The molecule has 0 aliphatic rings. The first-order valence-electron chi connectivity index (χ1n) is 3.18. The first-order valence-corrected chi connectivity index (χ1v) is 4.00. The minimum Gasteiger partial charge on any atom is -0.320 e. The van der Waals surface area contributed by atoms with E-state index in [4.69, 9.17) is 5.73 Å². The van der Waals surface area contributed by atoms with Crippen LogP contribution in [0.25, 0.3) is 0 Å². The summed E-state index contributed by atoms with van der Waals surface area (Å²) in [7, 11) is 0. The Morgan fingerprint density at radius 3 is 2.64 bits per heavy atom. The third kappa shape index (κ3) is 2.66. The predicted octanol–water partition coefficient (Wildman–Crippen LogP) is 2.66. The van der Waals surface area contributed by atoms with E-state index in [1.54, 1.807) is 17.4 Å². The first-order chi connectivity index (χ1) is 4.74. The Morgan fingerprint density at radius 2 is 2.27 bits per heavy atom. The second-order valence-electron chi connectivity index (χ2n) is 2.21. The molecule has 1 heterocycles. The number of rotatable bonds is 2. The van der Waals surface area contributed by atoms with Gasteiger partial charge >= 0.3 is 0 Å². The number of halogens is 1. The molecule has 0 saturated carbocycles. The van der Waals surface area contributed by atoms with Crippen molar-refractivity contribution in [3.8, 4) is 0 Å². The van der Waals surface area contributed by atoms with Crippen molar-refractivity contribution < 1.29 is 0 Å². The molecular weight excluding hydrogens is 178 g/mol. The maximum Gasteiger partial charge on any atom is 0.0573 e. The van der Waals surface area contributed by atoms with E-state index < -0.39 is 0 Å². The summed E-state index contributed by atoms with van der Waals surface area (Å²) in [5.74, 6) is 0. The molecule has 1 atom stereocenters. The number of hydrogen-bond donors (Lipinski definition) is 1. The molecule has 62 valence electrons. The van der Waals surface area contributed by atoms with E-state index in [9.17, 15) is 0 Å². The van der Waals surface area contributed by atoms with E-state index in [1.165, 1.54) is 9.75 Å². The van der Waals surface area contributed by atoms with Gasteiger partial charge in [-0.3, -0.25) is 0 Å². The Hall–Kier alpha value is -0.310. The summed E-state index contributed by atoms with van der Waals surface area (Å²) in [4.78, 5) is 2.49. The summed E-state index contributed by atoms with van der Waals surface area (Å²) in [5, 5.41) is 0. The Kier molecular flexibility index (Phi) is 4.42. The number of aryl methyl sites for hydroxylation is 1. The number of nitrogens with two attached hydrogens (primary N) is 1. The van der Waals surface area contributed by atoms with Crippen LogP contribution in [0.4, 0.5) is 0 Å². The molecule has 0 amide bonds. The summed E-state index contributed by atoms with van der Waals surface area (Å²) < 4.78 is 0. The van der Waals surface area contributed by atoms with Crippen LogP contribution in [0.3, 0.4) is 0 Å². The molecule has 0 radical (unpaired) electrons. The van der Waals surface area contributed by atoms with E-state index in [0.29, 0.717) is 0 Å². The summed E-state index contributed by atoms with van der Waals surface area (Å²) in [6, 6.07) is 4.13. The highest BCUT2D eigenvalue weighted by molar-refractivity contribution is 7.12. The predicted molar refractivity (Wildman–Crippen MR) is 53.4 cm³/mol. The summed E-state index contributed by atoms with van der Waals surface area (Å²) in [6.45, 7) is 5.70. The van der Waals surface area contributed by atoms with Gasteiger partial charge in [0.05, 0.1) is 6.04 Å². The Bertz CT molecular complexity index is 232. The van der Waals surface area contributed by atoms with Gasteiger partial charge in [-0.25, -0.2) is 0 Å². The fourth-order valence-electron chi connectivity index (χ4n) is 0.749. The zero-order valence-corrected chi connectivity index (χ0v) is 8.04. The van der Waals surface area contributed by atoms with E-state index in [2.05, 4.69) is 19.6 Å². The van der Waals surface area contributed by atoms with Crippen molar-refractivity contribution in [2.24, 2.45) is 5.73 Å². The lowest BCUT2D eigenvalue weighted by Gasteiger charge is -1.99. The summed E-state index contributed by atoms with van der Waals surface area (Å²) >= 11 is 1.72. The van der Waals surface area contributed by atoms with Gasteiger partial charge < -0.3 is 5.73 Å². The van der Waals surface area contributed by atoms with Gasteiger partial charge in [-0.1, -0.05) is 6.08 Å². The zero-order valence-electron chi connectivity index (χ0n) is 6.41. The van der Waals surface area contributed by atoms with Crippen molar-refractivity contribution in [2.45, 2.75) is 13.0 Å². The van der Waals surface area contributed by atoms with E-state index in [0.717, 1.165) is 0 Å². The molecule has 1 aromatic heterocycles. The monoisotopic (exact) mass is 189 g/mol. The van der Waals surface area contributed by atoms with Crippen LogP contribution in [-0.2, 0) is 0 Å². The maximum atomic E-state index is 5.70. The first kappa shape index (κ1) is 10.7. The molecule has 3 heteroatoms. The van der Waals surface area contributed by atoms with Gasteiger partial charge in [-0.15, -0.1) is 30.3 Å². The average Bonchev–Trinajstić information content (AvgIpc) is 2.34. The lowest BCUT2D eigenvalue weighted by atomic mass is 10.2.